The van der Waals surface area contributed by atoms with Crippen molar-refractivity contribution >= 4 is 10.0 Å². The number of alkyl halides is 3. The predicted molar refractivity (Wildman–Crippen MR) is 49.8 cm³/mol. The summed E-state index contributed by atoms with van der Waals surface area (Å²) in [5, 5.41) is 0. The molecule has 88 valence electrons. The maximum absolute atomic E-state index is 12.2. The molecule has 0 bridgehead atoms. The third-order valence-electron chi connectivity index (χ3n) is 2.29. The van der Waals surface area contributed by atoms with Crippen molar-refractivity contribution in [2.24, 2.45) is 0 Å². The fourth-order valence-corrected chi connectivity index (χ4v) is 2.38. The van der Waals surface area contributed by atoms with Crippen LogP contribution >= 0.6 is 0 Å². The van der Waals surface area contributed by atoms with Gasteiger partial charge in [0.15, 0.2) is 0 Å². The Morgan fingerprint density at radius 3 is 2.40 bits per heavy atom. The average molecular weight is 243 g/mol. The molecule has 0 aromatic heterocycles. The summed E-state index contributed by atoms with van der Waals surface area (Å²) in [6.07, 6.45) is -3.65. The highest BCUT2D eigenvalue weighted by molar-refractivity contribution is 7.89. The fraction of sp³-hybridized carbons (Fsp3) is 0.750. The van der Waals surface area contributed by atoms with Crippen molar-refractivity contribution in [3.63, 3.8) is 0 Å². The van der Waals surface area contributed by atoms with Gasteiger partial charge in [-0.1, -0.05) is 6.08 Å². The van der Waals surface area contributed by atoms with E-state index in [-0.39, 0.29) is 25.3 Å². The van der Waals surface area contributed by atoms with E-state index in [0.29, 0.717) is 0 Å². The van der Waals surface area contributed by atoms with Crippen LogP contribution < -0.4 is 0 Å². The topological polar surface area (TPSA) is 37.4 Å². The Morgan fingerprint density at radius 2 is 2.07 bits per heavy atom. The van der Waals surface area contributed by atoms with Gasteiger partial charge in [-0.25, -0.2) is 8.42 Å². The Morgan fingerprint density at radius 1 is 1.47 bits per heavy atom. The van der Waals surface area contributed by atoms with Crippen LogP contribution in [0, 0.1) is 0 Å². The maximum Gasteiger partial charge on any atom is 0.412 e. The quantitative estimate of drug-likeness (QED) is 0.690. The monoisotopic (exact) mass is 243 g/mol. The van der Waals surface area contributed by atoms with Crippen molar-refractivity contribution in [1.29, 1.82) is 0 Å². The highest BCUT2D eigenvalue weighted by Crippen LogP contribution is 2.30. The van der Waals surface area contributed by atoms with Gasteiger partial charge >= 0.3 is 6.18 Å². The molecule has 0 spiro atoms. The zero-order valence-electron chi connectivity index (χ0n) is 8.21. The highest BCUT2D eigenvalue weighted by atomic mass is 32.2. The Labute approximate surface area is 86.6 Å². The van der Waals surface area contributed by atoms with Crippen LogP contribution in [0.5, 0.6) is 0 Å². The smallest absolute Gasteiger partial charge is 0.212 e. The second kappa shape index (κ2) is 4.13. The Hall–Kier alpha value is -0.560. The maximum atomic E-state index is 12.2. The number of hydrogen-bond donors (Lipinski definition) is 0. The van der Waals surface area contributed by atoms with Crippen LogP contribution in [0.4, 0.5) is 13.2 Å². The number of rotatable bonds is 2. The first-order valence-corrected chi connectivity index (χ1v) is 6.12. The largest absolute Gasteiger partial charge is 0.412 e. The third-order valence-corrected chi connectivity index (χ3v) is 4.14. The zero-order chi connectivity index (χ0) is 11.7. The van der Waals surface area contributed by atoms with Gasteiger partial charge in [0.1, 0.15) is 0 Å². The van der Waals surface area contributed by atoms with Gasteiger partial charge in [0.2, 0.25) is 10.0 Å². The zero-order valence-corrected chi connectivity index (χ0v) is 9.03. The van der Waals surface area contributed by atoms with Crippen LogP contribution in [0.1, 0.15) is 13.3 Å². The number of halogens is 3. The normalized spacial score (nSPS) is 20.1. The summed E-state index contributed by atoms with van der Waals surface area (Å²) < 4.78 is 60.4. The van der Waals surface area contributed by atoms with Crippen LogP contribution in [-0.4, -0.2) is 37.7 Å². The van der Waals surface area contributed by atoms with Crippen LogP contribution in [0.25, 0.3) is 0 Å². The second-order valence-corrected chi connectivity index (χ2v) is 5.49. The predicted octanol–water partition coefficient (Wildman–Crippen LogP) is 1.53. The lowest BCUT2D eigenvalue weighted by atomic mass is 10.1. The van der Waals surface area contributed by atoms with Gasteiger partial charge in [-0.05, 0) is 13.3 Å². The Balaban J connectivity index is 2.75. The second-order valence-electron chi connectivity index (χ2n) is 3.24. The summed E-state index contributed by atoms with van der Waals surface area (Å²) in [4.78, 5) is 0. The lowest BCUT2D eigenvalue weighted by Gasteiger charge is -2.26. The standard InChI is InChI=1S/C8H12F3NO2S/c1-2-15(13,14)12-5-3-7(4-6-12)8(9,10)11/h3H,2,4-6H2,1H3. The molecule has 0 aromatic rings. The van der Waals surface area contributed by atoms with E-state index in [1.165, 1.54) is 6.92 Å². The van der Waals surface area contributed by atoms with Crippen molar-refractivity contribution in [2.75, 3.05) is 18.8 Å². The average Bonchev–Trinajstić information content (AvgIpc) is 2.17. The molecule has 0 unspecified atom stereocenters. The van der Waals surface area contributed by atoms with Crippen molar-refractivity contribution in [1.82, 2.24) is 4.31 Å². The van der Waals surface area contributed by atoms with Crippen LogP contribution in [0.3, 0.4) is 0 Å². The number of hydrogen-bond acceptors (Lipinski definition) is 2. The first kappa shape index (κ1) is 12.5. The molecule has 7 heteroatoms. The minimum atomic E-state index is -4.33. The molecule has 0 radical (unpaired) electrons. The van der Waals surface area contributed by atoms with E-state index in [0.717, 1.165) is 10.4 Å². The fourth-order valence-electron chi connectivity index (χ4n) is 1.34. The van der Waals surface area contributed by atoms with Gasteiger partial charge in [0.05, 0.1) is 5.75 Å². The molecule has 0 saturated carbocycles. The van der Waals surface area contributed by atoms with Crippen LogP contribution in [0.15, 0.2) is 11.6 Å². The summed E-state index contributed by atoms with van der Waals surface area (Å²) in [7, 11) is -3.37. The van der Waals surface area contributed by atoms with Crippen molar-refractivity contribution in [3.8, 4) is 0 Å². The molecular formula is C8H12F3NO2S. The van der Waals surface area contributed by atoms with E-state index in [4.69, 9.17) is 0 Å². The molecular weight excluding hydrogens is 231 g/mol. The molecule has 0 amide bonds. The van der Waals surface area contributed by atoms with Crippen molar-refractivity contribution in [3.05, 3.63) is 11.6 Å². The van der Waals surface area contributed by atoms with E-state index in [2.05, 4.69) is 0 Å². The molecule has 3 nitrogen and oxygen atoms in total. The minimum absolute atomic E-state index is 0.0812. The third kappa shape index (κ3) is 2.94. The molecule has 0 aromatic carbocycles. The van der Waals surface area contributed by atoms with Gasteiger partial charge in [-0.2, -0.15) is 17.5 Å². The highest BCUT2D eigenvalue weighted by Gasteiger charge is 2.36. The lowest BCUT2D eigenvalue weighted by molar-refractivity contribution is -0.0953. The van der Waals surface area contributed by atoms with Gasteiger partial charge in [0.25, 0.3) is 0 Å². The van der Waals surface area contributed by atoms with Gasteiger partial charge in [-0.15, -0.1) is 0 Å². The van der Waals surface area contributed by atoms with Gasteiger partial charge < -0.3 is 0 Å². The Kier molecular flexibility index (Phi) is 3.44. The van der Waals surface area contributed by atoms with Crippen LogP contribution in [0.2, 0.25) is 0 Å². The number of sulfonamides is 1. The molecule has 0 aliphatic carbocycles. The lowest BCUT2D eigenvalue weighted by Crippen LogP contribution is -2.37. The molecule has 1 aliphatic rings. The van der Waals surface area contributed by atoms with E-state index < -0.39 is 21.8 Å². The summed E-state index contributed by atoms with van der Waals surface area (Å²) in [5.74, 6) is -0.0812. The van der Waals surface area contributed by atoms with E-state index in [1.54, 1.807) is 0 Å². The van der Waals surface area contributed by atoms with Crippen LogP contribution in [-0.2, 0) is 10.0 Å². The molecule has 1 rings (SSSR count). The summed E-state index contributed by atoms with van der Waals surface area (Å²) in [5.41, 5.74) is -0.634. The van der Waals surface area contributed by atoms with Crippen molar-refractivity contribution < 1.29 is 21.6 Å². The minimum Gasteiger partial charge on any atom is -0.212 e. The molecule has 0 N–H and O–H groups in total. The molecule has 0 fully saturated rings. The van der Waals surface area contributed by atoms with Crippen molar-refractivity contribution in [2.45, 2.75) is 19.5 Å². The molecule has 0 atom stereocenters. The van der Waals surface area contributed by atoms with E-state index in [1.807, 2.05) is 0 Å². The summed E-state index contributed by atoms with van der Waals surface area (Å²) in [6.45, 7) is 1.21. The molecule has 1 aliphatic heterocycles. The summed E-state index contributed by atoms with van der Waals surface area (Å²) >= 11 is 0. The Bertz CT molecular complexity index is 359. The van der Waals surface area contributed by atoms with Gasteiger partial charge in [-0.3, -0.25) is 0 Å². The van der Waals surface area contributed by atoms with E-state index in [9.17, 15) is 21.6 Å². The molecule has 15 heavy (non-hydrogen) atoms. The first-order valence-electron chi connectivity index (χ1n) is 4.51. The van der Waals surface area contributed by atoms with Gasteiger partial charge in [0, 0.05) is 18.7 Å². The summed E-state index contributed by atoms with van der Waals surface area (Å²) in [6, 6.07) is 0. The SMILES string of the molecule is CCS(=O)(=O)N1CC=C(C(F)(F)F)CC1. The molecule has 1 heterocycles. The molecule has 0 saturated heterocycles. The first-order chi connectivity index (χ1) is 6.77. The van der Waals surface area contributed by atoms with E-state index >= 15 is 0 Å². The number of nitrogens with zero attached hydrogens (tertiary/aromatic N) is 1.